The van der Waals surface area contributed by atoms with E-state index in [-0.39, 0.29) is 35.6 Å². The summed E-state index contributed by atoms with van der Waals surface area (Å²) in [5, 5.41) is 0. The van der Waals surface area contributed by atoms with E-state index in [2.05, 4.69) is 0 Å². The molecule has 0 aromatic rings. The molecule has 0 spiro atoms. The highest BCUT2D eigenvalue weighted by Crippen LogP contribution is 2.57. The zero-order valence-corrected chi connectivity index (χ0v) is 7.21. The minimum Gasteiger partial charge on any atom is -0.435 e. The number of fused-ring (bicyclic) bond motifs is 1. The second-order valence-corrected chi connectivity index (χ2v) is 4.36. The van der Waals surface area contributed by atoms with Crippen molar-refractivity contribution in [3.8, 4) is 0 Å². The van der Waals surface area contributed by atoms with Crippen LogP contribution >= 0.6 is 0 Å². The van der Waals surface area contributed by atoms with Crippen molar-refractivity contribution in [2.75, 3.05) is 0 Å². The van der Waals surface area contributed by atoms with Gasteiger partial charge in [-0.3, -0.25) is 9.59 Å². The molecule has 3 heterocycles. The Labute approximate surface area is 79.3 Å². The summed E-state index contributed by atoms with van der Waals surface area (Å²) in [6.45, 7) is 0. The molecule has 0 radical (unpaired) electrons. The Kier molecular flexibility index (Phi) is 1.01. The smallest absolute Gasteiger partial charge is 0.312 e. The maximum absolute atomic E-state index is 11.5. The lowest BCUT2D eigenvalue weighted by Gasteiger charge is -2.28. The lowest BCUT2D eigenvalue weighted by Crippen LogP contribution is -2.35. The van der Waals surface area contributed by atoms with Gasteiger partial charge >= 0.3 is 11.9 Å². The normalized spacial score (nSPS) is 57.4. The van der Waals surface area contributed by atoms with Crippen molar-refractivity contribution in [2.45, 2.75) is 19.0 Å². The van der Waals surface area contributed by atoms with E-state index in [9.17, 15) is 9.59 Å². The van der Waals surface area contributed by atoms with Gasteiger partial charge in [0, 0.05) is 11.8 Å². The summed E-state index contributed by atoms with van der Waals surface area (Å²) >= 11 is 0. The highest BCUT2D eigenvalue weighted by atomic mass is 16.8. The van der Waals surface area contributed by atoms with Gasteiger partial charge in [-0.15, -0.1) is 0 Å². The molecule has 3 aliphatic heterocycles. The number of esters is 2. The van der Waals surface area contributed by atoms with Gasteiger partial charge in [-0.1, -0.05) is 0 Å². The predicted molar refractivity (Wildman–Crippen MR) is 39.4 cm³/mol. The summed E-state index contributed by atoms with van der Waals surface area (Å²) in [5.41, 5.74) is 0. The zero-order chi connectivity index (χ0) is 9.45. The SMILES string of the molecule is O=C1O[C@@H]2O[C@@H]3OC(=O)[C@H]4[C@H]3C[C@@H]2[C@H]14. The van der Waals surface area contributed by atoms with E-state index in [4.69, 9.17) is 14.2 Å². The third kappa shape index (κ3) is 0.580. The number of carbonyl (C=O) groups is 2. The summed E-state index contributed by atoms with van der Waals surface area (Å²) in [4.78, 5) is 22.9. The van der Waals surface area contributed by atoms with Gasteiger partial charge in [0.2, 0.25) is 12.6 Å². The average molecular weight is 196 g/mol. The Morgan fingerprint density at radius 1 is 0.929 bits per heavy atom. The lowest BCUT2D eigenvalue weighted by molar-refractivity contribution is -0.252. The fourth-order valence-corrected chi connectivity index (χ4v) is 3.29. The first-order chi connectivity index (χ1) is 6.75. The minimum absolute atomic E-state index is 0.0848. The molecule has 0 amide bonds. The van der Waals surface area contributed by atoms with Gasteiger partial charge in [0.15, 0.2) is 0 Å². The number of carbonyl (C=O) groups excluding carboxylic acids is 2. The first kappa shape index (κ1) is 7.23. The second kappa shape index (κ2) is 1.95. The standard InChI is InChI=1S/C9H8O5/c10-6-4-2-1-3-5(4)7(11)13-9(3)14-8(2)12-6/h2-5,8-9H,1H2/t2-,3-,4+,5+,8-,9+/m1/s1. The Morgan fingerprint density at radius 3 is 1.93 bits per heavy atom. The topological polar surface area (TPSA) is 61.8 Å². The number of ether oxygens (including phenoxy) is 3. The van der Waals surface area contributed by atoms with Gasteiger partial charge in [0.1, 0.15) is 0 Å². The van der Waals surface area contributed by atoms with Crippen LogP contribution in [0.1, 0.15) is 6.42 Å². The van der Waals surface area contributed by atoms with Crippen LogP contribution in [0.4, 0.5) is 0 Å². The van der Waals surface area contributed by atoms with Crippen molar-refractivity contribution in [2.24, 2.45) is 23.7 Å². The fraction of sp³-hybridized carbons (Fsp3) is 0.778. The molecule has 5 nitrogen and oxygen atoms in total. The molecular formula is C9H8O5. The maximum atomic E-state index is 11.5. The molecular weight excluding hydrogens is 188 g/mol. The van der Waals surface area contributed by atoms with Crippen LogP contribution < -0.4 is 0 Å². The van der Waals surface area contributed by atoms with E-state index in [0.717, 1.165) is 6.42 Å². The quantitative estimate of drug-likeness (QED) is 0.495. The van der Waals surface area contributed by atoms with Crippen LogP contribution in [-0.2, 0) is 23.8 Å². The van der Waals surface area contributed by atoms with Crippen LogP contribution in [0.25, 0.3) is 0 Å². The molecule has 4 rings (SSSR count). The molecule has 0 aromatic carbocycles. The molecule has 4 aliphatic rings. The van der Waals surface area contributed by atoms with Crippen LogP contribution in [0.3, 0.4) is 0 Å². The van der Waals surface area contributed by atoms with Crippen molar-refractivity contribution >= 4 is 11.9 Å². The van der Waals surface area contributed by atoms with Crippen molar-refractivity contribution in [1.82, 2.24) is 0 Å². The van der Waals surface area contributed by atoms with E-state index < -0.39 is 12.6 Å². The van der Waals surface area contributed by atoms with Crippen LogP contribution in [0.2, 0.25) is 0 Å². The summed E-state index contributed by atoms with van der Waals surface area (Å²) < 4.78 is 15.5. The first-order valence-electron chi connectivity index (χ1n) is 4.82. The average Bonchev–Trinajstić information content (AvgIpc) is 2.69. The Balaban J connectivity index is 1.88. The predicted octanol–water partition coefficient (Wildman–Crippen LogP) is -0.349. The van der Waals surface area contributed by atoms with Crippen molar-refractivity contribution in [3.05, 3.63) is 0 Å². The van der Waals surface area contributed by atoms with Crippen LogP contribution in [-0.4, -0.2) is 24.5 Å². The third-order valence-corrected chi connectivity index (χ3v) is 3.83. The molecule has 0 aromatic heterocycles. The molecule has 74 valence electrons. The van der Waals surface area contributed by atoms with Crippen molar-refractivity contribution in [1.29, 1.82) is 0 Å². The zero-order valence-electron chi connectivity index (χ0n) is 7.21. The minimum atomic E-state index is -0.466. The molecule has 4 fully saturated rings. The largest absolute Gasteiger partial charge is 0.435 e. The van der Waals surface area contributed by atoms with Gasteiger partial charge in [-0.2, -0.15) is 0 Å². The summed E-state index contributed by atoms with van der Waals surface area (Å²) in [7, 11) is 0. The molecule has 0 unspecified atom stereocenters. The monoisotopic (exact) mass is 196 g/mol. The molecule has 3 saturated heterocycles. The number of rotatable bonds is 0. The number of hydrogen-bond acceptors (Lipinski definition) is 5. The fourth-order valence-electron chi connectivity index (χ4n) is 3.29. The van der Waals surface area contributed by atoms with Crippen LogP contribution in [0, 0.1) is 23.7 Å². The van der Waals surface area contributed by atoms with Gasteiger partial charge in [0.25, 0.3) is 0 Å². The van der Waals surface area contributed by atoms with E-state index in [1.165, 1.54) is 0 Å². The Morgan fingerprint density at radius 2 is 1.43 bits per heavy atom. The molecule has 5 heteroatoms. The summed E-state index contributed by atoms with van der Waals surface area (Å²) in [6.07, 6.45) is -0.110. The molecule has 1 aliphatic carbocycles. The molecule has 2 bridgehead atoms. The number of hydrogen-bond donors (Lipinski definition) is 0. The summed E-state index contributed by atoms with van der Waals surface area (Å²) in [5.74, 6) is -1.01. The highest BCUT2D eigenvalue weighted by Gasteiger charge is 2.69. The van der Waals surface area contributed by atoms with Gasteiger partial charge in [-0.25, -0.2) is 0 Å². The molecule has 6 atom stereocenters. The molecule has 1 saturated carbocycles. The Hall–Kier alpha value is -1.10. The highest BCUT2D eigenvalue weighted by molar-refractivity contribution is 5.86. The van der Waals surface area contributed by atoms with E-state index >= 15 is 0 Å². The third-order valence-electron chi connectivity index (χ3n) is 3.83. The van der Waals surface area contributed by atoms with Crippen molar-refractivity contribution in [3.63, 3.8) is 0 Å². The van der Waals surface area contributed by atoms with E-state index in [1.807, 2.05) is 0 Å². The van der Waals surface area contributed by atoms with Crippen LogP contribution in [0.5, 0.6) is 0 Å². The van der Waals surface area contributed by atoms with Gasteiger partial charge in [0.05, 0.1) is 11.8 Å². The Bertz CT molecular complexity index is 319. The molecule has 14 heavy (non-hydrogen) atoms. The molecule has 0 N–H and O–H groups in total. The second-order valence-electron chi connectivity index (χ2n) is 4.36. The van der Waals surface area contributed by atoms with Crippen LogP contribution in [0.15, 0.2) is 0 Å². The lowest BCUT2D eigenvalue weighted by atomic mass is 9.90. The van der Waals surface area contributed by atoms with Gasteiger partial charge < -0.3 is 14.2 Å². The van der Waals surface area contributed by atoms with E-state index in [1.54, 1.807) is 0 Å². The summed E-state index contributed by atoms with van der Waals surface area (Å²) in [6, 6.07) is 0. The maximum Gasteiger partial charge on any atom is 0.312 e. The van der Waals surface area contributed by atoms with Crippen molar-refractivity contribution < 1.29 is 23.8 Å². The van der Waals surface area contributed by atoms with E-state index in [0.29, 0.717) is 0 Å². The van der Waals surface area contributed by atoms with Gasteiger partial charge in [-0.05, 0) is 6.42 Å². The first-order valence-corrected chi connectivity index (χ1v) is 4.82.